The number of nitrogens with one attached hydrogen (secondary N) is 1. The summed E-state index contributed by atoms with van der Waals surface area (Å²) in [4.78, 5) is 23.2. The van der Waals surface area contributed by atoms with Gasteiger partial charge >= 0.3 is 5.97 Å². The maximum absolute atomic E-state index is 12.2. The van der Waals surface area contributed by atoms with E-state index < -0.39 is 17.6 Å². The molecule has 1 heterocycles. The van der Waals surface area contributed by atoms with Crippen LogP contribution >= 0.6 is 0 Å². The van der Waals surface area contributed by atoms with Crippen LogP contribution in [0, 0.1) is 5.92 Å². The Bertz CT molecular complexity index is 365. The molecule has 0 radical (unpaired) electrons. The van der Waals surface area contributed by atoms with Crippen molar-refractivity contribution in [3.63, 3.8) is 0 Å². The number of carbonyl (C=O) groups is 2. The quantitative estimate of drug-likeness (QED) is 0.711. The molecule has 0 aromatic heterocycles. The Kier molecular flexibility index (Phi) is 6.61. The van der Waals surface area contributed by atoms with E-state index in [1.807, 2.05) is 13.8 Å². The Balaban J connectivity index is 2.49. The third-order valence-electron chi connectivity index (χ3n) is 4.13. The average Bonchev–Trinajstić information content (AvgIpc) is 2.87. The second kappa shape index (κ2) is 7.75. The Morgan fingerprint density at radius 1 is 1.43 bits per heavy atom. The first kappa shape index (κ1) is 17.9. The number of amides is 1. The van der Waals surface area contributed by atoms with E-state index in [2.05, 4.69) is 5.32 Å². The van der Waals surface area contributed by atoms with E-state index in [-0.39, 0.29) is 24.3 Å². The fourth-order valence-electron chi connectivity index (χ4n) is 2.19. The van der Waals surface area contributed by atoms with Crippen LogP contribution in [0.4, 0.5) is 0 Å². The van der Waals surface area contributed by atoms with Gasteiger partial charge in [0.2, 0.25) is 5.91 Å². The van der Waals surface area contributed by atoms with Crippen LogP contribution in [0.3, 0.4) is 0 Å². The summed E-state index contributed by atoms with van der Waals surface area (Å²) < 4.78 is 11.0. The second-order valence-electron chi connectivity index (χ2n) is 6.24. The van der Waals surface area contributed by atoms with Crippen molar-refractivity contribution in [2.24, 2.45) is 5.92 Å². The molecule has 0 aromatic carbocycles. The monoisotopic (exact) mass is 301 g/mol. The minimum Gasteiger partial charge on any atom is -0.481 e. The van der Waals surface area contributed by atoms with Crippen LogP contribution in [0.15, 0.2) is 0 Å². The van der Waals surface area contributed by atoms with E-state index in [0.717, 1.165) is 19.4 Å². The third-order valence-corrected chi connectivity index (χ3v) is 4.13. The van der Waals surface area contributed by atoms with Gasteiger partial charge in [0.25, 0.3) is 0 Å². The highest BCUT2D eigenvalue weighted by molar-refractivity contribution is 5.82. The first-order valence-corrected chi connectivity index (χ1v) is 7.51. The molecule has 0 aliphatic carbocycles. The van der Waals surface area contributed by atoms with Crippen LogP contribution in [0.1, 0.15) is 47.0 Å². The third kappa shape index (κ3) is 5.63. The molecule has 0 spiro atoms. The van der Waals surface area contributed by atoms with E-state index in [4.69, 9.17) is 14.6 Å². The molecule has 3 atom stereocenters. The van der Waals surface area contributed by atoms with E-state index in [1.54, 1.807) is 13.8 Å². The number of hydrogen-bond donors (Lipinski definition) is 2. The Hall–Kier alpha value is -1.14. The predicted molar refractivity (Wildman–Crippen MR) is 78.0 cm³/mol. The molecule has 3 unspecified atom stereocenters. The van der Waals surface area contributed by atoms with Crippen molar-refractivity contribution in [3.8, 4) is 0 Å². The molecule has 1 fully saturated rings. The molecule has 0 saturated carbocycles. The predicted octanol–water partition coefficient (Wildman–Crippen LogP) is 1.58. The zero-order valence-electron chi connectivity index (χ0n) is 13.3. The molecule has 2 N–H and O–H groups in total. The zero-order chi connectivity index (χ0) is 16.0. The van der Waals surface area contributed by atoms with Gasteiger partial charge in [-0.25, -0.2) is 0 Å². The molecule has 122 valence electrons. The maximum atomic E-state index is 12.2. The van der Waals surface area contributed by atoms with Crippen LogP contribution in [0.25, 0.3) is 0 Å². The van der Waals surface area contributed by atoms with Gasteiger partial charge in [-0.15, -0.1) is 0 Å². The lowest BCUT2D eigenvalue weighted by Crippen LogP contribution is -2.54. The van der Waals surface area contributed by atoms with E-state index >= 15 is 0 Å². The lowest BCUT2D eigenvalue weighted by atomic mass is 9.85. The number of rotatable bonds is 8. The molecule has 6 heteroatoms. The number of carbonyl (C=O) groups excluding carboxylic acids is 1. The second-order valence-corrected chi connectivity index (χ2v) is 6.24. The first-order valence-electron chi connectivity index (χ1n) is 7.51. The van der Waals surface area contributed by atoms with Gasteiger partial charge in [0.1, 0.15) is 6.10 Å². The van der Waals surface area contributed by atoms with Gasteiger partial charge in [-0.1, -0.05) is 13.8 Å². The van der Waals surface area contributed by atoms with Crippen LogP contribution < -0.4 is 5.32 Å². The minimum atomic E-state index is -0.931. The highest BCUT2D eigenvalue weighted by Crippen LogP contribution is 2.21. The SMILES string of the molecule is CC(OCC1CCCO1)C(=O)NC(C)(CC(=O)O)C(C)C. The molecule has 1 saturated heterocycles. The zero-order valence-corrected chi connectivity index (χ0v) is 13.3. The number of hydrogen-bond acceptors (Lipinski definition) is 4. The summed E-state index contributed by atoms with van der Waals surface area (Å²) in [5.41, 5.74) is -0.787. The van der Waals surface area contributed by atoms with Crippen molar-refractivity contribution in [2.45, 2.75) is 64.7 Å². The molecule has 6 nitrogen and oxygen atoms in total. The summed E-state index contributed by atoms with van der Waals surface area (Å²) >= 11 is 0. The van der Waals surface area contributed by atoms with E-state index in [9.17, 15) is 9.59 Å². The highest BCUT2D eigenvalue weighted by atomic mass is 16.5. The average molecular weight is 301 g/mol. The van der Waals surface area contributed by atoms with Crippen molar-refractivity contribution in [3.05, 3.63) is 0 Å². The lowest BCUT2D eigenvalue weighted by molar-refractivity contribution is -0.141. The smallest absolute Gasteiger partial charge is 0.305 e. The van der Waals surface area contributed by atoms with Gasteiger partial charge < -0.3 is 19.9 Å². The molecule has 0 bridgehead atoms. The molecular formula is C15H27NO5. The van der Waals surface area contributed by atoms with Crippen molar-refractivity contribution in [2.75, 3.05) is 13.2 Å². The molecule has 1 aliphatic rings. The van der Waals surface area contributed by atoms with Gasteiger partial charge in [0.05, 0.1) is 24.7 Å². The number of carboxylic acids is 1. The molecule has 21 heavy (non-hydrogen) atoms. The highest BCUT2D eigenvalue weighted by Gasteiger charge is 2.34. The van der Waals surface area contributed by atoms with Crippen LogP contribution in [0.5, 0.6) is 0 Å². The van der Waals surface area contributed by atoms with Gasteiger partial charge in [0.15, 0.2) is 0 Å². The maximum Gasteiger partial charge on any atom is 0.305 e. The fourth-order valence-corrected chi connectivity index (χ4v) is 2.19. The van der Waals surface area contributed by atoms with E-state index in [1.165, 1.54) is 0 Å². The summed E-state index contributed by atoms with van der Waals surface area (Å²) in [6.45, 7) is 8.34. The summed E-state index contributed by atoms with van der Waals surface area (Å²) in [5.74, 6) is -1.22. The number of aliphatic carboxylic acids is 1. The van der Waals surface area contributed by atoms with Crippen LogP contribution in [-0.4, -0.2) is 47.9 Å². The van der Waals surface area contributed by atoms with Crippen molar-refractivity contribution in [1.82, 2.24) is 5.32 Å². The molecule has 0 aromatic rings. The van der Waals surface area contributed by atoms with Crippen LogP contribution in [0.2, 0.25) is 0 Å². The van der Waals surface area contributed by atoms with Crippen molar-refractivity contribution >= 4 is 11.9 Å². The minimum absolute atomic E-state index is 0.00270. The first-order chi connectivity index (χ1) is 9.74. The van der Waals surface area contributed by atoms with Gasteiger partial charge in [0, 0.05) is 6.61 Å². The lowest BCUT2D eigenvalue weighted by Gasteiger charge is -2.34. The number of ether oxygens (including phenoxy) is 2. The largest absolute Gasteiger partial charge is 0.481 e. The standard InChI is InChI=1S/C15H27NO5/c1-10(2)15(4,8-13(17)18)16-14(19)11(3)21-9-12-6-5-7-20-12/h10-12H,5-9H2,1-4H3,(H,16,19)(H,17,18). The van der Waals surface area contributed by atoms with Crippen molar-refractivity contribution < 1.29 is 24.2 Å². The van der Waals surface area contributed by atoms with E-state index in [0.29, 0.717) is 6.61 Å². The molecular weight excluding hydrogens is 274 g/mol. The molecule has 1 rings (SSSR count). The molecule has 1 amide bonds. The summed E-state index contributed by atoms with van der Waals surface area (Å²) in [7, 11) is 0. The summed E-state index contributed by atoms with van der Waals surface area (Å²) in [5, 5.41) is 11.8. The number of carboxylic acid groups (broad SMARTS) is 1. The normalized spacial score (nSPS) is 22.8. The Morgan fingerprint density at radius 2 is 2.10 bits per heavy atom. The summed E-state index contributed by atoms with van der Waals surface area (Å²) in [6.07, 6.45) is 1.31. The Labute approximate surface area is 126 Å². The topological polar surface area (TPSA) is 84.9 Å². The Morgan fingerprint density at radius 3 is 2.57 bits per heavy atom. The van der Waals surface area contributed by atoms with Crippen LogP contribution in [-0.2, 0) is 19.1 Å². The van der Waals surface area contributed by atoms with Crippen molar-refractivity contribution in [1.29, 1.82) is 0 Å². The van der Waals surface area contributed by atoms with Gasteiger partial charge in [-0.3, -0.25) is 9.59 Å². The summed E-state index contributed by atoms with van der Waals surface area (Å²) in [6, 6.07) is 0. The van der Waals surface area contributed by atoms with Gasteiger partial charge in [-0.05, 0) is 32.6 Å². The fraction of sp³-hybridized carbons (Fsp3) is 0.867. The molecule has 1 aliphatic heterocycles. The van der Waals surface area contributed by atoms with Gasteiger partial charge in [-0.2, -0.15) is 0 Å².